The lowest BCUT2D eigenvalue weighted by Gasteiger charge is -2.27. The minimum atomic E-state index is -4.89. The molecule has 10 N–H and O–H groups in total. The molecular formula is C42H48N12O8S2. The summed E-state index contributed by atoms with van der Waals surface area (Å²) in [7, 11) is -9.77. The highest BCUT2D eigenvalue weighted by molar-refractivity contribution is 7.86. The highest BCUT2D eigenvalue weighted by Gasteiger charge is 2.20. The Kier molecular flexibility index (Phi) is 15.5. The molecule has 0 spiro atoms. The zero-order chi connectivity index (χ0) is 45.7. The lowest BCUT2D eigenvalue weighted by Crippen LogP contribution is -2.45. The zero-order valence-corrected chi connectivity index (χ0v) is 36.1. The van der Waals surface area contributed by atoms with E-state index in [1.807, 2.05) is 60.7 Å². The number of nitrogens with two attached hydrogens (primary N) is 2. The highest BCUT2D eigenvalue weighted by Crippen LogP contribution is 2.27. The van der Waals surface area contributed by atoms with Crippen molar-refractivity contribution in [2.45, 2.75) is 9.79 Å². The van der Waals surface area contributed by atoms with Crippen LogP contribution in [0.25, 0.3) is 12.2 Å². The van der Waals surface area contributed by atoms with Gasteiger partial charge in [-0.05, 0) is 59.7 Å². The molecule has 20 nitrogen and oxygen atoms in total. The summed E-state index contributed by atoms with van der Waals surface area (Å²) in [5, 5.41) is 12.0. The van der Waals surface area contributed by atoms with Gasteiger partial charge >= 0.3 is 0 Å². The lowest BCUT2D eigenvalue weighted by atomic mass is 10.1. The Morgan fingerprint density at radius 1 is 0.547 bits per heavy atom. The van der Waals surface area contributed by atoms with Crippen LogP contribution in [-0.2, 0) is 29.7 Å². The van der Waals surface area contributed by atoms with Gasteiger partial charge in [-0.2, -0.15) is 36.8 Å². The van der Waals surface area contributed by atoms with Crippen LogP contribution < -0.4 is 32.7 Å². The first kappa shape index (κ1) is 46.4. The van der Waals surface area contributed by atoms with Crippen LogP contribution in [-0.4, -0.2) is 112 Å². The average molecular weight is 913 g/mol. The predicted octanol–water partition coefficient (Wildman–Crippen LogP) is 4.35. The van der Waals surface area contributed by atoms with Crippen LogP contribution in [0.5, 0.6) is 0 Å². The van der Waals surface area contributed by atoms with E-state index in [9.17, 15) is 25.9 Å². The number of nitrogens with zero attached hydrogens (tertiary/aromatic N) is 6. The molecular weight excluding hydrogens is 865 g/mol. The molecule has 6 rings (SSSR count). The number of guanidine groups is 4. The van der Waals surface area contributed by atoms with Crippen LogP contribution in [0.2, 0.25) is 0 Å². The summed E-state index contributed by atoms with van der Waals surface area (Å²) in [5.41, 5.74) is 14.3. The maximum Gasteiger partial charge on any atom is 0.295 e. The Labute approximate surface area is 371 Å². The summed E-state index contributed by atoms with van der Waals surface area (Å²) in [5.74, 6) is 0.464. The van der Waals surface area contributed by atoms with Crippen molar-refractivity contribution in [3.63, 3.8) is 0 Å². The molecule has 2 heterocycles. The van der Waals surface area contributed by atoms with Gasteiger partial charge in [0, 0.05) is 48.9 Å². The first-order valence-corrected chi connectivity index (χ1v) is 22.5. The molecule has 64 heavy (non-hydrogen) atoms. The van der Waals surface area contributed by atoms with Gasteiger partial charge in [0.2, 0.25) is 11.9 Å². The second-order valence-corrected chi connectivity index (χ2v) is 16.7. The molecule has 2 aliphatic heterocycles. The Morgan fingerprint density at radius 3 is 1.25 bits per heavy atom. The van der Waals surface area contributed by atoms with Crippen LogP contribution in [0.3, 0.4) is 0 Å². The molecule has 0 bridgehead atoms. The average Bonchev–Trinajstić information content (AvgIpc) is 3.26. The molecule has 336 valence electrons. The van der Waals surface area contributed by atoms with Gasteiger partial charge in [0.05, 0.1) is 26.4 Å². The van der Waals surface area contributed by atoms with Gasteiger partial charge in [-0.1, -0.05) is 73.8 Å². The predicted molar refractivity (Wildman–Crippen MR) is 250 cm³/mol. The number of morpholine rings is 2. The molecule has 2 aliphatic rings. The van der Waals surface area contributed by atoms with Gasteiger partial charge in [0.1, 0.15) is 21.4 Å². The van der Waals surface area contributed by atoms with E-state index in [1.54, 1.807) is 9.80 Å². The Hall–Kier alpha value is -7.08. The van der Waals surface area contributed by atoms with E-state index in [4.69, 9.17) is 20.9 Å². The largest absolute Gasteiger partial charge is 0.378 e. The van der Waals surface area contributed by atoms with E-state index < -0.39 is 30.0 Å². The Bertz CT molecular complexity index is 2520. The fourth-order valence-electron chi connectivity index (χ4n) is 6.18. The number of aliphatic imine (C=N–C) groups is 4. The minimum absolute atomic E-state index is 0.0340. The number of hydrogen-bond acceptors (Lipinski definition) is 10. The van der Waals surface area contributed by atoms with Crippen molar-refractivity contribution >= 4 is 79.0 Å². The van der Waals surface area contributed by atoms with E-state index in [1.165, 1.54) is 36.4 Å². The van der Waals surface area contributed by atoms with Crippen LogP contribution >= 0.6 is 0 Å². The summed E-state index contributed by atoms with van der Waals surface area (Å²) >= 11 is 0. The van der Waals surface area contributed by atoms with E-state index >= 15 is 0 Å². The van der Waals surface area contributed by atoms with Crippen LogP contribution in [0.15, 0.2) is 152 Å². The molecule has 0 amide bonds. The van der Waals surface area contributed by atoms with Crippen molar-refractivity contribution in [2.24, 2.45) is 31.4 Å². The van der Waals surface area contributed by atoms with Gasteiger partial charge < -0.3 is 52.0 Å². The summed E-state index contributed by atoms with van der Waals surface area (Å²) in [6.45, 7) is 11.6. The third kappa shape index (κ3) is 13.7. The zero-order valence-electron chi connectivity index (χ0n) is 34.5. The molecule has 0 saturated carbocycles. The molecule has 0 atom stereocenters. The third-order valence-corrected chi connectivity index (χ3v) is 11.1. The van der Waals surface area contributed by atoms with Crippen LogP contribution in [0.1, 0.15) is 11.1 Å². The summed E-state index contributed by atoms with van der Waals surface area (Å²) in [6.07, 6.45) is 2.53. The number of hydrogen-bond donors (Lipinski definition) is 8. The first-order chi connectivity index (χ1) is 30.6. The lowest BCUT2D eigenvalue weighted by molar-refractivity contribution is 0.0675. The number of rotatable bonds is 12. The number of benzene rings is 4. The van der Waals surface area contributed by atoms with E-state index in [0.717, 1.165) is 12.1 Å². The molecule has 2 saturated heterocycles. The molecule has 0 radical (unpaired) electrons. The van der Waals surface area contributed by atoms with Gasteiger partial charge in [-0.3, -0.25) is 9.11 Å². The quantitative estimate of drug-likeness (QED) is 0.0425. The van der Waals surface area contributed by atoms with Gasteiger partial charge in [-0.15, -0.1) is 0 Å². The molecule has 22 heteroatoms. The maximum atomic E-state index is 12.8. The molecule has 4 aromatic rings. The first-order valence-electron chi connectivity index (χ1n) is 19.6. The van der Waals surface area contributed by atoms with Crippen molar-refractivity contribution in [3.8, 4) is 0 Å². The number of ether oxygens (including phenoxy) is 2. The van der Waals surface area contributed by atoms with Gasteiger partial charge in [-0.25, -0.2) is 0 Å². The molecule has 0 unspecified atom stereocenters. The van der Waals surface area contributed by atoms with Crippen molar-refractivity contribution in [1.29, 1.82) is 0 Å². The van der Waals surface area contributed by atoms with E-state index in [-0.39, 0.29) is 58.0 Å². The normalized spacial score (nSPS) is 15.8. The monoisotopic (exact) mass is 912 g/mol. The summed E-state index contributed by atoms with van der Waals surface area (Å²) in [6, 6.07) is 26.2. The molecule has 0 aromatic heterocycles. The van der Waals surface area contributed by atoms with Gasteiger partial charge in [0.15, 0.2) is 11.9 Å². The Balaban J connectivity index is 1.29. The third-order valence-electron chi connectivity index (χ3n) is 9.26. The second kappa shape index (κ2) is 21.3. The number of para-hydroxylation sites is 2. The standard InChI is InChI=1S/C42H48N12O8S2/c1-29(45-33-9-5-3-6-10-33)47-41(51-39(43)53-19-23-61-24-20-53)49-35-17-15-31(37(27-35)63(55,56)57)13-14-32-16-18-36(28-38(32)64(58,59)60)50-42(52-40(44)54-21-25-62-26-22-54)48-30(2)46-34-11-7-4-8-12-34/h3-18,27-28,45-46H,1-2,19-26H2,(H,55,56,57)(H,58,59,60)(H3,43,47,49,51)(H3,44,48,50,52)/b14-13+. The van der Waals surface area contributed by atoms with Crippen LogP contribution in [0.4, 0.5) is 22.7 Å². The summed E-state index contributed by atoms with van der Waals surface area (Å²) in [4.78, 5) is 20.3. The second-order valence-electron chi connectivity index (χ2n) is 13.9. The molecule has 4 aromatic carbocycles. The van der Waals surface area contributed by atoms with Crippen molar-refractivity contribution in [3.05, 3.63) is 133 Å². The Morgan fingerprint density at radius 2 is 0.906 bits per heavy atom. The smallest absolute Gasteiger partial charge is 0.295 e. The maximum absolute atomic E-state index is 12.8. The highest BCUT2D eigenvalue weighted by atomic mass is 32.2. The van der Waals surface area contributed by atoms with Crippen molar-refractivity contribution in [1.82, 2.24) is 9.80 Å². The van der Waals surface area contributed by atoms with E-state index in [2.05, 4.69) is 54.4 Å². The van der Waals surface area contributed by atoms with Crippen LogP contribution in [0, 0.1) is 0 Å². The number of nitrogens with one attached hydrogen (secondary N) is 4. The fourth-order valence-corrected chi connectivity index (χ4v) is 7.60. The molecule has 0 aliphatic carbocycles. The molecule has 2 fully saturated rings. The fraction of sp³-hybridized carbons (Fsp3) is 0.190. The minimum Gasteiger partial charge on any atom is -0.378 e. The van der Waals surface area contributed by atoms with Crippen molar-refractivity contribution < 1.29 is 35.4 Å². The number of anilines is 4. The SMILES string of the molecule is C=C(/N=C(\N=C(/N)N1CCOCC1)Nc1ccc(/C=C/c2ccc(NC(=N/C(=C)Nc3ccccc3)/N=C(\N)N3CCOCC3)cc2S(=O)(=O)O)c(S(=O)(=O)O)c1)Nc1ccccc1. The van der Waals surface area contributed by atoms with Crippen molar-refractivity contribution in [2.75, 3.05) is 73.9 Å². The topological polar surface area (TPSA) is 283 Å². The summed E-state index contributed by atoms with van der Waals surface area (Å²) < 4.78 is 82.6. The van der Waals surface area contributed by atoms with Gasteiger partial charge in [0.25, 0.3) is 20.2 Å². The van der Waals surface area contributed by atoms with E-state index in [0.29, 0.717) is 64.0 Å².